The molecule has 142 valence electrons. The molecule has 1 aliphatic rings. The highest BCUT2D eigenvalue weighted by atomic mass is 35.5. The molecule has 0 aromatic heterocycles. The summed E-state index contributed by atoms with van der Waals surface area (Å²) < 4.78 is 5.38. The Labute approximate surface area is 162 Å². The SMILES string of the molecule is O=C(N[C@@H](CN1CCOCC1)c1ccccc1)c1ccc([N+](=O)[O-])cc1Cl. The van der Waals surface area contributed by atoms with Crippen LogP contribution in [-0.4, -0.2) is 48.6 Å². The van der Waals surface area contributed by atoms with Gasteiger partial charge in [0, 0.05) is 31.8 Å². The molecule has 1 N–H and O–H groups in total. The zero-order valence-corrected chi connectivity index (χ0v) is 15.4. The number of halogens is 1. The first-order valence-electron chi connectivity index (χ1n) is 8.64. The number of nitrogens with one attached hydrogen (secondary N) is 1. The van der Waals surface area contributed by atoms with Crippen LogP contribution in [0, 0.1) is 10.1 Å². The summed E-state index contributed by atoms with van der Waals surface area (Å²) in [6.07, 6.45) is 0. The minimum atomic E-state index is -0.543. The second-order valence-electron chi connectivity index (χ2n) is 6.27. The summed E-state index contributed by atoms with van der Waals surface area (Å²) in [6, 6.07) is 13.3. The van der Waals surface area contributed by atoms with Gasteiger partial charge in [-0.2, -0.15) is 0 Å². The number of hydrogen-bond donors (Lipinski definition) is 1. The summed E-state index contributed by atoms with van der Waals surface area (Å²) >= 11 is 6.10. The lowest BCUT2D eigenvalue weighted by molar-refractivity contribution is -0.384. The number of nitrogens with zero attached hydrogens (tertiary/aromatic N) is 2. The molecule has 0 aliphatic carbocycles. The summed E-state index contributed by atoms with van der Waals surface area (Å²) in [5.74, 6) is -0.364. The lowest BCUT2D eigenvalue weighted by Gasteiger charge is -2.31. The molecule has 1 saturated heterocycles. The molecule has 0 bridgehead atoms. The van der Waals surface area contributed by atoms with Gasteiger partial charge in [-0.15, -0.1) is 0 Å². The van der Waals surface area contributed by atoms with Gasteiger partial charge in [0.15, 0.2) is 0 Å². The Kier molecular flexibility index (Phi) is 6.39. The number of nitro groups is 1. The molecule has 3 rings (SSSR count). The molecule has 2 aromatic rings. The second-order valence-corrected chi connectivity index (χ2v) is 6.68. The van der Waals surface area contributed by atoms with Gasteiger partial charge in [0.2, 0.25) is 0 Å². The van der Waals surface area contributed by atoms with Crippen molar-refractivity contribution in [2.75, 3.05) is 32.8 Å². The number of carbonyl (C=O) groups is 1. The van der Waals surface area contributed by atoms with Crippen molar-refractivity contribution in [2.45, 2.75) is 6.04 Å². The normalized spacial score (nSPS) is 15.9. The van der Waals surface area contributed by atoms with E-state index in [1.54, 1.807) is 0 Å². The predicted molar refractivity (Wildman–Crippen MR) is 102 cm³/mol. The van der Waals surface area contributed by atoms with E-state index >= 15 is 0 Å². The molecule has 0 saturated carbocycles. The molecule has 1 heterocycles. The van der Waals surface area contributed by atoms with Gasteiger partial charge in [0.25, 0.3) is 11.6 Å². The maximum Gasteiger partial charge on any atom is 0.270 e. The topological polar surface area (TPSA) is 84.7 Å². The van der Waals surface area contributed by atoms with Crippen molar-refractivity contribution in [3.05, 3.63) is 74.8 Å². The quantitative estimate of drug-likeness (QED) is 0.606. The second kappa shape index (κ2) is 8.94. The standard InChI is InChI=1S/C19H20ClN3O4/c20-17-12-15(23(25)26)6-7-16(17)19(24)21-18(14-4-2-1-3-5-14)13-22-8-10-27-11-9-22/h1-7,12,18H,8-11,13H2,(H,21,24)/t18-/m0/s1. The number of carbonyl (C=O) groups excluding carboxylic acids is 1. The molecule has 1 aliphatic heterocycles. The smallest absolute Gasteiger partial charge is 0.270 e. The fourth-order valence-corrected chi connectivity index (χ4v) is 3.26. The lowest BCUT2D eigenvalue weighted by atomic mass is 10.1. The van der Waals surface area contributed by atoms with Crippen molar-refractivity contribution in [1.29, 1.82) is 0 Å². The van der Waals surface area contributed by atoms with Gasteiger partial charge >= 0.3 is 0 Å². The molecule has 8 heteroatoms. The van der Waals surface area contributed by atoms with Gasteiger partial charge in [-0.25, -0.2) is 0 Å². The summed E-state index contributed by atoms with van der Waals surface area (Å²) in [5.41, 5.74) is 1.05. The first-order valence-corrected chi connectivity index (χ1v) is 9.02. The molecule has 1 fully saturated rings. The molecule has 2 aromatic carbocycles. The van der Waals surface area contributed by atoms with Gasteiger partial charge < -0.3 is 10.1 Å². The number of benzene rings is 2. The van der Waals surface area contributed by atoms with Crippen LogP contribution in [0.15, 0.2) is 48.5 Å². The largest absolute Gasteiger partial charge is 0.379 e. The third-order valence-corrected chi connectivity index (χ3v) is 4.77. The fourth-order valence-electron chi connectivity index (χ4n) is 3.00. The van der Waals surface area contributed by atoms with Crippen LogP contribution in [0.1, 0.15) is 22.0 Å². The molecule has 0 unspecified atom stereocenters. The van der Waals surface area contributed by atoms with E-state index in [0.717, 1.165) is 18.7 Å². The van der Waals surface area contributed by atoms with Gasteiger partial charge in [0.1, 0.15) is 0 Å². The van der Waals surface area contributed by atoms with E-state index < -0.39 is 4.92 Å². The number of non-ortho nitro benzene ring substituents is 1. The first-order chi connectivity index (χ1) is 13.0. The summed E-state index contributed by atoms with van der Waals surface area (Å²) in [7, 11) is 0. The number of nitro benzene ring substituents is 1. The van der Waals surface area contributed by atoms with E-state index in [2.05, 4.69) is 10.2 Å². The van der Waals surface area contributed by atoms with Crippen LogP contribution in [0.5, 0.6) is 0 Å². The molecular weight excluding hydrogens is 370 g/mol. The van der Waals surface area contributed by atoms with Crippen LogP contribution in [-0.2, 0) is 4.74 Å². The maximum atomic E-state index is 12.8. The molecule has 27 heavy (non-hydrogen) atoms. The molecular formula is C19H20ClN3O4. The zero-order chi connectivity index (χ0) is 19.2. The van der Waals surface area contributed by atoms with Crippen LogP contribution in [0.3, 0.4) is 0 Å². The van der Waals surface area contributed by atoms with Crippen molar-refractivity contribution in [3.63, 3.8) is 0 Å². The minimum absolute atomic E-state index is 0.0554. The Bertz CT molecular complexity index is 810. The van der Waals surface area contributed by atoms with E-state index in [9.17, 15) is 14.9 Å². The highest BCUT2D eigenvalue weighted by molar-refractivity contribution is 6.34. The molecule has 0 spiro atoms. The Morgan fingerprint density at radius 3 is 2.56 bits per heavy atom. The highest BCUT2D eigenvalue weighted by Crippen LogP contribution is 2.24. The Balaban J connectivity index is 1.78. The number of ether oxygens (including phenoxy) is 1. The molecule has 1 atom stereocenters. The van der Waals surface area contributed by atoms with Crippen LogP contribution in [0.25, 0.3) is 0 Å². The third-order valence-electron chi connectivity index (χ3n) is 4.46. The third kappa shape index (κ3) is 5.03. The summed E-state index contributed by atoms with van der Waals surface area (Å²) in [6.45, 7) is 3.59. The summed E-state index contributed by atoms with van der Waals surface area (Å²) in [4.78, 5) is 25.3. The molecule has 7 nitrogen and oxygen atoms in total. The monoisotopic (exact) mass is 389 g/mol. The minimum Gasteiger partial charge on any atom is -0.379 e. The number of amides is 1. The lowest BCUT2D eigenvalue weighted by Crippen LogP contribution is -2.43. The maximum absolute atomic E-state index is 12.8. The Hall–Kier alpha value is -2.48. The van der Waals surface area contributed by atoms with Crippen molar-refractivity contribution >= 4 is 23.2 Å². The first kappa shape index (κ1) is 19.3. The number of rotatable bonds is 6. The zero-order valence-electron chi connectivity index (χ0n) is 14.6. The number of hydrogen-bond acceptors (Lipinski definition) is 5. The molecule has 1 amide bonds. The van der Waals surface area contributed by atoms with E-state index in [1.807, 2.05) is 30.3 Å². The van der Waals surface area contributed by atoms with E-state index in [4.69, 9.17) is 16.3 Å². The van der Waals surface area contributed by atoms with Crippen LogP contribution < -0.4 is 5.32 Å². The van der Waals surface area contributed by atoms with Crippen LogP contribution in [0.4, 0.5) is 5.69 Å². The summed E-state index contributed by atoms with van der Waals surface area (Å²) in [5, 5.41) is 13.9. The van der Waals surface area contributed by atoms with Crippen molar-refractivity contribution in [1.82, 2.24) is 10.2 Å². The van der Waals surface area contributed by atoms with Crippen molar-refractivity contribution < 1.29 is 14.5 Å². The van der Waals surface area contributed by atoms with Crippen molar-refractivity contribution in [2.24, 2.45) is 0 Å². The van der Waals surface area contributed by atoms with E-state index in [1.165, 1.54) is 18.2 Å². The van der Waals surface area contributed by atoms with Crippen molar-refractivity contribution in [3.8, 4) is 0 Å². The Morgan fingerprint density at radius 2 is 1.93 bits per heavy atom. The van der Waals surface area contributed by atoms with E-state index in [-0.39, 0.29) is 28.2 Å². The van der Waals surface area contributed by atoms with Gasteiger partial charge in [-0.1, -0.05) is 41.9 Å². The van der Waals surface area contributed by atoms with E-state index in [0.29, 0.717) is 19.8 Å². The van der Waals surface area contributed by atoms with Gasteiger partial charge in [-0.3, -0.25) is 19.8 Å². The highest BCUT2D eigenvalue weighted by Gasteiger charge is 2.22. The average Bonchev–Trinajstić information content (AvgIpc) is 2.68. The Morgan fingerprint density at radius 1 is 1.22 bits per heavy atom. The van der Waals surface area contributed by atoms with Crippen LogP contribution >= 0.6 is 11.6 Å². The predicted octanol–water partition coefficient (Wildman–Crippen LogP) is 3.05. The molecule has 0 radical (unpaired) electrons. The van der Waals surface area contributed by atoms with Gasteiger partial charge in [0.05, 0.1) is 34.8 Å². The van der Waals surface area contributed by atoms with Gasteiger partial charge in [-0.05, 0) is 11.6 Å². The van der Waals surface area contributed by atoms with Crippen LogP contribution in [0.2, 0.25) is 5.02 Å². The fraction of sp³-hybridized carbons (Fsp3) is 0.316. The number of morpholine rings is 1. The average molecular weight is 390 g/mol.